The Morgan fingerprint density at radius 2 is 2.19 bits per heavy atom. The monoisotopic (exact) mass is 227 g/mol. The molecule has 1 N–H and O–H groups in total. The Kier molecular flexibility index (Phi) is 3.50. The predicted octanol–water partition coefficient (Wildman–Crippen LogP) is 0.929. The summed E-state index contributed by atoms with van der Waals surface area (Å²) < 4.78 is 5.41. The van der Waals surface area contributed by atoms with Crippen LogP contribution in [-0.4, -0.2) is 47.3 Å². The Bertz CT molecular complexity index is 259. The van der Waals surface area contributed by atoms with Crippen LogP contribution in [0.2, 0.25) is 0 Å². The molecule has 0 radical (unpaired) electrons. The summed E-state index contributed by atoms with van der Waals surface area (Å²) in [4.78, 5) is 13.9. The van der Waals surface area contributed by atoms with E-state index in [4.69, 9.17) is 4.74 Å². The van der Waals surface area contributed by atoms with Gasteiger partial charge in [0.25, 0.3) is 5.91 Å². The van der Waals surface area contributed by atoms with E-state index < -0.39 is 5.60 Å². The standard InChI is InChI=1S/C12H21NO3/c1-12(15)5-3-7-13(8-6-12)11(14)10-4-2-9-16-10/h10,15H,2-9H2,1H3. The summed E-state index contributed by atoms with van der Waals surface area (Å²) in [5.74, 6) is 0.121. The van der Waals surface area contributed by atoms with Crippen molar-refractivity contribution in [3.8, 4) is 0 Å². The Morgan fingerprint density at radius 1 is 1.38 bits per heavy atom. The molecule has 0 aromatic heterocycles. The number of likely N-dealkylation sites (tertiary alicyclic amines) is 1. The van der Waals surface area contributed by atoms with Crippen LogP contribution < -0.4 is 0 Å². The van der Waals surface area contributed by atoms with Gasteiger partial charge in [0.05, 0.1) is 5.60 Å². The van der Waals surface area contributed by atoms with Crippen LogP contribution in [0.4, 0.5) is 0 Å². The lowest BCUT2D eigenvalue weighted by atomic mass is 9.98. The van der Waals surface area contributed by atoms with E-state index in [2.05, 4.69) is 0 Å². The molecule has 16 heavy (non-hydrogen) atoms. The summed E-state index contributed by atoms with van der Waals surface area (Å²) in [5, 5.41) is 9.95. The molecular formula is C12H21NO3. The molecule has 2 aliphatic heterocycles. The van der Waals surface area contributed by atoms with E-state index in [-0.39, 0.29) is 12.0 Å². The molecule has 2 unspecified atom stereocenters. The van der Waals surface area contributed by atoms with Gasteiger partial charge in [0.1, 0.15) is 6.10 Å². The number of nitrogens with zero attached hydrogens (tertiary/aromatic N) is 1. The van der Waals surface area contributed by atoms with Gasteiger partial charge in [-0.2, -0.15) is 0 Å². The highest BCUT2D eigenvalue weighted by atomic mass is 16.5. The third kappa shape index (κ3) is 2.74. The fraction of sp³-hybridized carbons (Fsp3) is 0.917. The van der Waals surface area contributed by atoms with Gasteiger partial charge in [-0.05, 0) is 39.0 Å². The lowest BCUT2D eigenvalue weighted by Crippen LogP contribution is -2.40. The van der Waals surface area contributed by atoms with Gasteiger partial charge in [-0.1, -0.05) is 0 Å². The summed E-state index contributed by atoms with van der Waals surface area (Å²) in [6, 6.07) is 0. The van der Waals surface area contributed by atoms with E-state index in [1.807, 2.05) is 11.8 Å². The number of amides is 1. The molecule has 0 spiro atoms. The maximum Gasteiger partial charge on any atom is 0.251 e. The Labute approximate surface area is 96.6 Å². The Balaban J connectivity index is 1.91. The highest BCUT2D eigenvalue weighted by Crippen LogP contribution is 2.23. The van der Waals surface area contributed by atoms with Crippen LogP contribution in [-0.2, 0) is 9.53 Å². The molecule has 0 aromatic carbocycles. The van der Waals surface area contributed by atoms with E-state index >= 15 is 0 Å². The molecule has 4 heteroatoms. The topological polar surface area (TPSA) is 49.8 Å². The van der Waals surface area contributed by atoms with Crippen LogP contribution in [0.5, 0.6) is 0 Å². The van der Waals surface area contributed by atoms with Gasteiger partial charge in [0, 0.05) is 19.7 Å². The summed E-state index contributed by atoms with van der Waals surface area (Å²) in [6.45, 7) is 3.98. The molecule has 2 saturated heterocycles. The fourth-order valence-electron chi connectivity index (χ4n) is 2.46. The molecule has 2 atom stereocenters. The number of ether oxygens (including phenoxy) is 1. The van der Waals surface area contributed by atoms with Gasteiger partial charge in [0.2, 0.25) is 0 Å². The summed E-state index contributed by atoms with van der Waals surface area (Å²) in [7, 11) is 0. The zero-order chi connectivity index (χ0) is 11.6. The van der Waals surface area contributed by atoms with Crippen molar-refractivity contribution in [1.82, 2.24) is 4.90 Å². The third-order valence-corrected chi connectivity index (χ3v) is 3.58. The maximum atomic E-state index is 12.1. The number of carbonyl (C=O) groups excluding carboxylic acids is 1. The summed E-state index contributed by atoms with van der Waals surface area (Å²) in [6.07, 6.45) is 3.95. The molecule has 0 aliphatic carbocycles. The lowest BCUT2D eigenvalue weighted by molar-refractivity contribution is -0.141. The normalized spacial score (nSPS) is 36.1. The highest BCUT2D eigenvalue weighted by molar-refractivity contribution is 5.81. The second kappa shape index (κ2) is 4.72. The zero-order valence-corrected chi connectivity index (χ0v) is 9.95. The summed E-state index contributed by atoms with van der Waals surface area (Å²) >= 11 is 0. The van der Waals surface area contributed by atoms with Crippen molar-refractivity contribution < 1.29 is 14.6 Å². The van der Waals surface area contributed by atoms with E-state index in [0.717, 1.165) is 32.2 Å². The summed E-state index contributed by atoms with van der Waals surface area (Å²) in [5.41, 5.74) is -0.606. The molecule has 2 heterocycles. The van der Waals surface area contributed by atoms with E-state index in [0.29, 0.717) is 19.6 Å². The molecule has 2 fully saturated rings. The zero-order valence-electron chi connectivity index (χ0n) is 9.95. The van der Waals surface area contributed by atoms with Crippen molar-refractivity contribution in [1.29, 1.82) is 0 Å². The number of aliphatic hydroxyl groups is 1. The first-order chi connectivity index (χ1) is 7.58. The Hall–Kier alpha value is -0.610. The molecule has 92 valence electrons. The highest BCUT2D eigenvalue weighted by Gasteiger charge is 2.32. The van der Waals surface area contributed by atoms with Gasteiger partial charge in [-0.25, -0.2) is 0 Å². The van der Waals surface area contributed by atoms with Crippen LogP contribution in [0.25, 0.3) is 0 Å². The molecular weight excluding hydrogens is 206 g/mol. The van der Waals surface area contributed by atoms with Gasteiger partial charge in [-0.3, -0.25) is 4.79 Å². The molecule has 2 aliphatic rings. The second-order valence-electron chi connectivity index (χ2n) is 5.18. The first-order valence-corrected chi connectivity index (χ1v) is 6.21. The van der Waals surface area contributed by atoms with Crippen molar-refractivity contribution in [2.24, 2.45) is 0 Å². The number of hydrogen-bond acceptors (Lipinski definition) is 3. The number of hydrogen-bond donors (Lipinski definition) is 1. The van der Waals surface area contributed by atoms with E-state index in [1.165, 1.54) is 0 Å². The van der Waals surface area contributed by atoms with Crippen molar-refractivity contribution in [2.75, 3.05) is 19.7 Å². The lowest BCUT2D eigenvalue weighted by Gasteiger charge is -2.24. The van der Waals surface area contributed by atoms with E-state index in [9.17, 15) is 9.90 Å². The van der Waals surface area contributed by atoms with Crippen molar-refractivity contribution in [3.63, 3.8) is 0 Å². The van der Waals surface area contributed by atoms with Gasteiger partial charge < -0.3 is 14.7 Å². The van der Waals surface area contributed by atoms with Crippen molar-refractivity contribution >= 4 is 5.91 Å². The number of rotatable bonds is 1. The first kappa shape index (κ1) is 11.9. The van der Waals surface area contributed by atoms with Gasteiger partial charge in [-0.15, -0.1) is 0 Å². The Morgan fingerprint density at radius 3 is 2.88 bits per heavy atom. The van der Waals surface area contributed by atoms with Gasteiger partial charge >= 0.3 is 0 Å². The molecule has 0 saturated carbocycles. The molecule has 4 nitrogen and oxygen atoms in total. The predicted molar refractivity (Wildman–Crippen MR) is 60.0 cm³/mol. The van der Waals surface area contributed by atoms with E-state index in [1.54, 1.807) is 0 Å². The van der Waals surface area contributed by atoms with Crippen molar-refractivity contribution in [3.05, 3.63) is 0 Å². The smallest absolute Gasteiger partial charge is 0.251 e. The SMILES string of the molecule is CC1(O)CCCN(C(=O)C2CCCO2)CC1. The average molecular weight is 227 g/mol. The minimum absolute atomic E-state index is 0.121. The minimum Gasteiger partial charge on any atom is -0.390 e. The van der Waals surface area contributed by atoms with Crippen LogP contribution >= 0.6 is 0 Å². The number of carbonyl (C=O) groups is 1. The van der Waals surface area contributed by atoms with Crippen LogP contribution in [0.3, 0.4) is 0 Å². The molecule has 0 bridgehead atoms. The van der Waals surface area contributed by atoms with Crippen LogP contribution in [0.1, 0.15) is 39.0 Å². The molecule has 0 aromatic rings. The van der Waals surface area contributed by atoms with Crippen LogP contribution in [0, 0.1) is 0 Å². The quantitative estimate of drug-likeness (QED) is 0.725. The third-order valence-electron chi connectivity index (χ3n) is 3.58. The fourth-order valence-corrected chi connectivity index (χ4v) is 2.46. The molecule has 2 rings (SSSR count). The first-order valence-electron chi connectivity index (χ1n) is 6.21. The largest absolute Gasteiger partial charge is 0.390 e. The minimum atomic E-state index is -0.606. The average Bonchev–Trinajstić information content (AvgIpc) is 2.69. The molecule has 1 amide bonds. The second-order valence-corrected chi connectivity index (χ2v) is 5.18. The maximum absolute atomic E-state index is 12.1. The van der Waals surface area contributed by atoms with Gasteiger partial charge in [0.15, 0.2) is 0 Å². The van der Waals surface area contributed by atoms with Crippen LogP contribution in [0.15, 0.2) is 0 Å². The van der Waals surface area contributed by atoms with Crippen molar-refractivity contribution in [2.45, 2.75) is 50.7 Å².